The van der Waals surface area contributed by atoms with Gasteiger partial charge in [0.15, 0.2) is 0 Å². The van der Waals surface area contributed by atoms with Crippen LogP contribution >= 0.6 is 15.9 Å². The van der Waals surface area contributed by atoms with E-state index in [1.807, 2.05) is 13.0 Å². The highest BCUT2D eigenvalue weighted by Crippen LogP contribution is 2.25. The molecule has 0 fully saturated rings. The molecular formula is C13H14BrF2N3. The van der Waals surface area contributed by atoms with Crippen molar-refractivity contribution >= 4 is 15.9 Å². The first kappa shape index (κ1) is 14.1. The lowest BCUT2D eigenvalue weighted by Gasteiger charge is -2.14. The molecule has 0 saturated heterocycles. The molecule has 0 aliphatic rings. The van der Waals surface area contributed by atoms with Crippen molar-refractivity contribution in [1.82, 2.24) is 9.78 Å². The monoisotopic (exact) mass is 329 g/mol. The zero-order valence-electron chi connectivity index (χ0n) is 10.6. The summed E-state index contributed by atoms with van der Waals surface area (Å²) in [5, 5.41) is 4.18. The molecule has 0 saturated carbocycles. The standard InChI is InChI=1S/C13H14BrF2N3/c1-7-3-9(19(2)18-7)6-12(17)13-10(15)4-8(14)5-11(13)16/h3-5,12H,6,17H2,1-2H3. The van der Waals surface area contributed by atoms with Gasteiger partial charge in [-0.15, -0.1) is 0 Å². The Bertz CT molecular complexity index is 587. The molecule has 2 rings (SSSR count). The second-order valence-electron chi connectivity index (χ2n) is 4.49. The normalized spacial score (nSPS) is 12.7. The first-order chi connectivity index (χ1) is 8.88. The molecule has 0 aliphatic carbocycles. The van der Waals surface area contributed by atoms with Gasteiger partial charge in [-0.2, -0.15) is 5.10 Å². The number of benzene rings is 1. The molecular weight excluding hydrogens is 316 g/mol. The molecule has 2 aromatic rings. The average Bonchev–Trinajstić information content (AvgIpc) is 2.55. The summed E-state index contributed by atoms with van der Waals surface area (Å²) in [7, 11) is 1.78. The molecule has 0 amide bonds. The number of nitrogens with two attached hydrogens (primary N) is 1. The fourth-order valence-corrected chi connectivity index (χ4v) is 2.49. The van der Waals surface area contributed by atoms with E-state index in [2.05, 4.69) is 21.0 Å². The number of aromatic nitrogens is 2. The largest absolute Gasteiger partial charge is 0.323 e. The molecule has 1 unspecified atom stereocenters. The number of hydrogen-bond acceptors (Lipinski definition) is 2. The highest BCUT2D eigenvalue weighted by atomic mass is 79.9. The fraction of sp³-hybridized carbons (Fsp3) is 0.308. The lowest BCUT2D eigenvalue weighted by molar-refractivity contribution is 0.517. The number of nitrogens with zero attached hydrogens (tertiary/aromatic N) is 2. The van der Waals surface area contributed by atoms with Gasteiger partial charge < -0.3 is 5.73 Å². The number of aryl methyl sites for hydroxylation is 2. The van der Waals surface area contributed by atoms with E-state index in [-0.39, 0.29) is 5.56 Å². The van der Waals surface area contributed by atoms with Gasteiger partial charge >= 0.3 is 0 Å². The highest BCUT2D eigenvalue weighted by molar-refractivity contribution is 9.10. The van der Waals surface area contributed by atoms with Crippen LogP contribution in [0.15, 0.2) is 22.7 Å². The van der Waals surface area contributed by atoms with Crippen LogP contribution in [0, 0.1) is 18.6 Å². The predicted molar refractivity (Wildman–Crippen MR) is 72.6 cm³/mol. The molecule has 0 radical (unpaired) electrons. The van der Waals surface area contributed by atoms with Gasteiger partial charge in [-0.1, -0.05) is 15.9 Å². The minimum atomic E-state index is -0.747. The Morgan fingerprint density at radius 1 is 1.32 bits per heavy atom. The predicted octanol–water partition coefficient (Wildman–Crippen LogP) is 3.01. The SMILES string of the molecule is Cc1cc(CC(N)c2c(F)cc(Br)cc2F)n(C)n1. The van der Waals surface area contributed by atoms with E-state index in [9.17, 15) is 8.78 Å². The van der Waals surface area contributed by atoms with Gasteiger partial charge in [0.2, 0.25) is 0 Å². The maximum Gasteiger partial charge on any atom is 0.132 e. The molecule has 1 heterocycles. The Morgan fingerprint density at radius 2 is 1.89 bits per heavy atom. The fourth-order valence-electron chi connectivity index (χ4n) is 2.09. The van der Waals surface area contributed by atoms with Gasteiger partial charge in [-0.05, 0) is 25.1 Å². The van der Waals surface area contributed by atoms with E-state index in [1.165, 1.54) is 12.1 Å². The molecule has 0 bridgehead atoms. The maximum absolute atomic E-state index is 13.8. The topological polar surface area (TPSA) is 43.8 Å². The van der Waals surface area contributed by atoms with Gasteiger partial charge in [-0.25, -0.2) is 8.78 Å². The minimum absolute atomic E-state index is 0.0953. The zero-order chi connectivity index (χ0) is 14.2. The summed E-state index contributed by atoms with van der Waals surface area (Å²) in [5.74, 6) is -1.28. The molecule has 1 aromatic heterocycles. The Labute approximate surface area is 118 Å². The quantitative estimate of drug-likeness (QED) is 0.940. The molecule has 1 atom stereocenters. The van der Waals surface area contributed by atoms with Crippen molar-refractivity contribution in [2.75, 3.05) is 0 Å². The van der Waals surface area contributed by atoms with E-state index in [1.54, 1.807) is 11.7 Å². The molecule has 0 aliphatic heterocycles. The summed E-state index contributed by atoms with van der Waals surface area (Å²) in [4.78, 5) is 0. The van der Waals surface area contributed by atoms with Crippen LogP contribution in [0.1, 0.15) is 23.0 Å². The van der Waals surface area contributed by atoms with Crippen LogP contribution in [-0.4, -0.2) is 9.78 Å². The van der Waals surface area contributed by atoms with Crippen LogP contribution in [0.5, 0.6) is 0 Å². The van der Waals surface area contributed by atoms with Crippen molar-refractivity contribution in [2.45, 2.75) is 19.4 Å². The molecule has 0 spiro atoms. The zero-order valence-corrected chi connectivity index (χ0v) is 12.2. The van der Waals surface area contributed by atoms with Gasteiger partial charge in [0.1, 0.15) is 11.6 Å². The molecule has 1 aromatic carbocycles. The van der Waals surface area contributed by atoms with Crippen LogP contribution in [0.2, 0.25) is 0 Å². The first-order valence-corrected chi connectivity index (χ1v) is 6.57. The Hall–Kier alpha value is -1.27. The summed E-state index contributed by atoms with van der Waals surface area (Å²) in [5.41, 5.74) is 7.51. The third-order valence-electron chi connectivity index (χ3n) is 2.94. The molecule has 2 N–H and O–H groups in total. The van der Waals surface area contributed by atoms with Crippen LogP contribution in [0.25, 0.3) is 0 Å². The van der Waals surface area contributed by atoms with E-state index < -0.39 is 17.7 Å². The lowest BCUT2D eigenvalue weighted by atomic mass is 10.0. The van der Waals surface area contributed by atoms with Gasteiger partial charge in [0.05, 0.1) is 5.69 Å². The average molecular weight is 330 g/mol. The highest BCUT2D eigenvalue weighted by Gasteiger charge is 2.19. The molecule has 19 heavy (non-hydrogen) atoms. The van der Waals surface area contributed by atoms with Crippen molar-refractivity contribution in [3.8, 4) is 0 Å². The smallest absolute Gasteiger partial charge is 0.132 e. The van der Waals surface area contributed by atoms with Crippen molar-refractivity contribution < 1.29 is 8.78 Å². The second-order valence-corrected chi connectivity index (χ2v) is 5.41. The van der Waals surface area contributed by atoms with Gasteiger partial charge in [-0.3, -0.25) is 4.68 Å². The minimum Gasteiger partial charge on any atom is -0.323 e. The van der Waals surface area contributed by atoms with Crippen molar-refractivity contribution in [1.29, 1.82) is 0 Å². The third kappa shape index (κ3) is 3.01. The number of rotatable bonds is 3. The van der Waals surface area contributed by atoms with Crippen LogP contribution in [0.3, 0.4) is 0 Å². The molecule has 6 heteroatoms. The van der Waals surface area contributed by atoms with E-state index >= 15 is 0 Å². The van der Waals surface area contributed by atoms with Crippen molar-refractivity contribution in [3.05, 3.63) is 51.3 Å². The van der Waals surface area contributed by atoms with Crippen LogP contribution < -0.4 is 5.73 Å². The summed E-state index contributed by atoms with van der Waals surface area (Å²) in [6, 6.07) is 3.54. The Balaban J connectivity index is 2.30. The van der Waals surface area contributed by atoms with Crippen molar-refractivity contribution in [3.63, 3.8) is 0 Å². The summed E-state index contributed by atoms with van der Waals surface area (Å²) in [6.45, 7) is 1.86. The number of halogens is 3. The van der Waals surface area contributed by atoms with E-state index in [0.29, 0.717) is 10.9 Å². The lowest BCUT2D eigenvalue weighted by Crippen LogP contribution is -2.18. The summed E-state index contributed by atoms with van der Waals surface area (Å²) < 4.78 is 29.6. The van der Waals surface area contributed by atoms with Gasteiger partial charge in [0, 0.05) is 35.2 Å². The van der Waals surface area contributed by atoms with E-state index in [0.717, 1.165) is 11.4 Å². The number of hydrogen-bond donors (Lipinski definition) is 1. The third-order valence-corrected chi connectivity index (χ3v) is 3.40. The first-order valence-electron chi connectivity index (χ1n) is 5.78. The van der Waals surface area contributed by atoms with Crippen LogP contribution in [-0.2, 0) is 13.5 Å². The summed E-state index contributed by atoms with van der Waals surface area (Å²) >= 11 is 3.04. The van der Waals surface area contributed by atoms with E-state index in [4.69, 9.17) is 5.73 Å². The molecule has 102 valence electrons. The van der Waals surface area contributed by atoms with Gasteiger partial charge in [0.25, 0.3) is 0 Å². The molecule has 3 nitrogen and oxygen atoms in total. The van der Waals surface area contributed by atoms with Crippen LogP contribution in [0.4, 0.5) is 8.78 Å². The Morgan fingerprint density at radius 3 is 2.37 bits per heavy atom. The Kier molecular flexibility index (Phi) is 4.01. The summed E-state index contributed by atoms with van der Waals surface area (Å²) in [6.07, 6.45) is 0.326. The van der Waals surface area contributed by atoms with Crippen molar-refractivity contribution in [2.24, 2.45) is 12.8 Å². The second kappa shape index (κ2) is 5.38. The maximum atomic E-state index is 13.8.